The summed E-state index contributed by atoms with van der Waals surface area (Å²) in [6.45, 7) is 3.58. The number of carbonyl (C=O) groups is 1. The Morgan fingerprint density at radius 2 is 1.74 bits per heavy atom. The van der Waals surface area contributed by atoms with Gasteiger partial charge in [0.1, 0.15) is 0 Å². The molecule has 0 bridgehead atoms. The molecule has 0 fully saturated rings. The van der Waals surface area contributed by atoms with Crippen molar-refractivity contribution in [2.75, 3.05) is 11.6 Å². The van der Waals surface area contributed by atoms with E-state index >= 15 is 0 Å². The van der Waals surface area contributed by atoms with Gasteiger partial charge in [0.15, 0.2) is 15.4 Å². The Hall–Kier alpha value is -3.82. The van der Waals surface area contributed by atoms with Gasteiger partial charge in [-0.15, -0.1) is 0 Å². The third kappa shape index (κ3) is 5.01. The predicted molar refractivity (Wildman–Crippen MR) is 132 cm³/mol. The molecular weight excluding hydrogens is 468 g/mol. The average molecular weight is 493 g/mol. The van der Waals surface area contributed by atoms with E-state index in [0.717, 1.165) is 17.4 Å². The van der Waals surface area contributed by atoms with Crippen LogP contribution < -0.4 is 10.9 Å². The number of hydrogen-bond acceptors (Lipinski definition) is 7. The Morgan fingerprint density at radius 3 is 2.40 bits per heavy atom. The standard InChI is InChI=1S/C26H24N2O6S/c1-16-5-4-6-18(13-16)15-26(31,19-7-10-21(11-8-19)35(3,32)33)25(30)27-20-9-12-22-23(14-20)17(2)28-34-24(22)29/h4-14,31H,15H2,1-3H3,(H,27,30). The molecule has 1 unspecified atom stereocenters. The Morgan fingerprint density at radius 1 is 1.03 bits per heavy atom. The van der Waals surface area contributed by atoms with Crippen LogP contribution in [0.15, 0.2) is 80.9 Å². The monoisotopic (exact) mass is 492 g/mol. The number of rotatable bonds is 6. The normalized spacial score (nSPS) is 13.4. The summed E-state index contributed by atoms with van der Waals surface area (Å²) in [5.41, 5.74) is 0.158. The number of fused-ring (bicyclic) bond motifs is 1. The van der Waals surface area contributed by atoms with Crippen molar-refractivity contribution in [1.29, 1.82) is 0 Å². The van der Waals surface area contributed by atoms with Crippen molar-refractivity contribution in [3.8, 4) is 0 Å². The SMILES string of the molecule is Cc1cccc(CC(O)(C(=O)Nc2ccc3c(=O)onc(C)c3c2)c2ccc(S(C)(=O)=O)cc2)c1. The van der Waals surface area contributed by atoms with Crippen LogP contribution in [0.4, 0.5) is 5.69 Å². The van der Waals surface area contributed by atoms with E-state index in [-0.39, 0.29) is 16.9 Å². The first-order valence-corrected chi connectivity index (χ1v) is 12.7. The first kappa shape index (κ1) is 24.3. The third-order valence-electron chi connectivity index (χ3n) is 5.83. The van der Waals surface area contributed by atoms with Gasteiger partial charge in [0.2, 0.25) is 0 Å². The number of carbonyl (C=O) groups excluding carboxylic acids is 1. The molecule has 0 aliphatic carbocycles. The van der Waals surface area contributed by atoms with E-state index in [4.69, 9.17) is 4.52 Å². The first-order chi connectivity index (χ1) is 16.5. The van der Waals surface area contributed by atoms with Crippen molar-refractivity contribution >= 4 is 32.2 Å². The summed E-state index contributed by atoms with van der Waals surface area (Å²) in [6.07, 6.45) is 1.04. The number of hydrogen-bond donors (Lipinski definition) is 2. The lowest BCUT2D eigenvalue weighted by molar-refractivity contribution is -0.135. The summed E-state index contributed by atoms with van der Waals surface area (Å²) in [4.78, 5) is 25.5. The van der Waals surface area contributed by atoms with E-state index in [1.165, 1.54) is 36.4 Å². The van der Waals surface area contributed by atoms with Crippen LogP contribution in [0, 0.1) is 13.8 Å². The van der Waals surface area contributed by atoms with Gasteiger partial charge in [-0.1, -0.05) is 47.1 Å². The number of nitrogens with zero attached hydrogens (tertiary/aromatic N) is 1. The number of aliphatic hydroxyl groups is 1. The average Bonchev–Trinajstić information content (AvgIpc) is 2.81. The van der Waals surface area contributed by atoms with Crippen LogP contribution in [0.3, 0.4) is 0 Å². The zero-order valence-corrected chi connectivity index (χ0v) is 20.2. The Kier molecular flexibility index (Phi) is 6.31. The van der Waals surface area contributed by atoms with Gasteiger partial charge in [-0.05, 0) is 55.3 Å². The molecule has 0 aliphatic rings. The van der Waals surface area contributed by atoms with Crippen LogP contribution in [-0.4, -0.2) is 30.8 Å². The highest BCUT2D eigenvalue weighted by atomic mass is 32.2. The van der Waals surface area contributed by atoms with Crippen LogP contribution >= 0.6 is 0 Å². The molecule has 180 valence electrons. The van der Waals surface area contributed by atoms with Gasteiger partial charge in [-0.3, -0.25) is 4.79 Å². The summed E-state index contributed by atoms with van der Waals surface area (Å²) in [6, 6.07) is 17.7. The lowest BCUT2D eigenvalue weighted by Gasteiger charge is -2.28. The van der Waals surface area contributed by atoms with Gasteiger partial charge in [0.25, 0.3) is 5.91 Å². The van der Waals surface area contributed by atoms with E-state index in [1.54, 1.807) is 19.1 Å². The molecule has 3 aromatic carbocycles. The first-order valence-electron chi connectivity index (χ1n) is 10.8. The molecule has 8 nitrogen and oxygen atoms in total. The second kappa shape index (κ2) is 9.09. The molecule has 4 rings (SSSR count). The van der Waals surface area contributed by atoms with Crippen molar-refractivity contribution in [3.05, 3.63) is 99.5 Å². The van der Waals surface area contributed by atoms with E-state index in [2.05, 4.69) is 10.5 Å². The minimum absolute atomic E-state index is 0.0452. The summed E-state index contributed by atoms with van der Waals surface area (Å²) >= 11 is 0. The number of benzene rings is 3. The second-order valence-electron chi connectivity index (χ2n) is 8.59. The number of sulfone groups is 1. The molecular formula is C26H24N2O6S. The van der Waals surface area contributed by atoms with Crippen LogP contribution in [-0.2, 0) is 26.7 Å². The molecule has 0 saturated carbocycles. The highest BCUT2D eigenvalue weighted by Crippen LogP contribution is 2.30. The molecule has 1 heterocycles. The van der Waals surface area contributed by atoms with Crippen LogP contribution in [0.2, 0.25) is 0 Å². The fourth-order valence-electron chi connectivity index (χ4n) is 3.95. The van der Waals surface area contributed by atoms with Crippen molar-refractivity contribution in [2.24, 2.45) is 0 Å². The molecule has 1 aromatic heterocycles. The zero-order chi connectivity index (χ0) is 25.4. The van der Waals surface area contributed by atoms with Crippen LogP contribution in [0.1, 0.15) is 22.4 Å². The fraction of sp³-hybridized carbons (Fsp3) is 0.192. The van der Waals surface area contributed by atoms with Gasteiger partial charge < -0.3 is 14.9 Å². The van der Waals surface area contributed by atoms with Gasteiger partial charge in [-0.25, -0.2) is 13.2 Å². The van der Waals surface area contributed by atoms with Crippen molar-refractivity contribution < 1.29 is 22.8 Å². The minimum Gasteiger partial charge on any atom is -0.375 e. The molecule has 0 saturated heterocycles. The summed E-state index contributed by atoms with van der Waals surface area (Å²) in [5.74, 6) is -0.709. The molecule has 1 atom stereocenters. The number of nitrogens with one attached hydrogen (secondary N) is 1. The summed E-state index contributed by atoms with van der Waals surface area (Å²) in [5, 5.41) is 19.0. The van der Waals surface area contributed by atoms with Gasteiger partial charge in [0, 0.05) is 23.8 Å². The Labute approximate surface area is 202 Å². The van der Waals surface area contributed by atoms with Gasteiger partial charge in [0.05, 0.1) is 16.0 Å². The fourth-order valence-corrected chi connectivity index (χ4v) is 4.58. The number of anilines is 1. The maximum absolute atomic E-state index is 13.5. The van der Waals surface area contributed by atoms with Crippen LogP contribution in [0.5, 0.6) is 0 Å². The van der Waals surface area contributed by atoms with Crippen molar-refractivity contribution in [1.82, 2.24) is 5.16 Å². The summed E-state index contributed by atoms with van der Waals surface area (Å²) in [7, 11) is -3.45. The Balaban J connectivity index is 1.75. The second-order valence-corrected chi connectivity index (χ2v) is 10.6. The smallest absolute Gasteiger partial charge is 0.366 e. The lowest BCUT2D eigenvalue weighted by atomic mass is 9.86. The van der Waals surface area contributed by atoms with Gasteiger partial charge in [-0.2, -0.15) is 0 Å². The minimum atomic E-state index is -3.45. The molecule has 0 spiro atoms. The maximum atomic E-state index is 13.5. The highest BCUT2D eigenvalue weighted by molar-refractivity contribution is 7.90. The molecule has 4 aromatic rings. The van der Waals surface area contributed by atoms with Crippen molar-refractivity contribution in [3.63, 3.8) is 0 Å². The largest absolute Gasteiger partial charge is 0.375 e. The molecule has 35 heavy (non-hydrogen) atoms. The lowest BCUT2D eigenvalue weighted by Crippen LogP contribution is -2.42. The van der Waals surface area contributed by atoms with Crippen LogP contribution in [0.25, 0.3) is 10.8 Å². The molecule has 1 amide bonds. The summed E-state index contributed by atoms with van der Waals surface area (Å²) < 4.78 is 28.5. The molecule has 0 radical (unpaired) electrons. The van der Waals surface area contributed by atoms with Gasteiger partial charge >= 0.3 is 5.63 Å². The highest BCUT2D eigenvalue weighted by Gasteiger charge is 2.38. The van der Waals surface area contributed by atoms with E-state index in [0.29, 0.717) is 22.2 Å². The molecule has 2 N–H and O–H groups in total. The zero-order valence-electron chi connectivity index (χ0n) is 19.4. The predicted octanol–water partition coefficient (Wildman–Crippen LogP) is 3.28. The topological polar surface area (TPSA) is 127 Å². The van der Waals surface area contributed by atoms with Crippen molar-refractivity contribution in [2.45, 2.75) is 30.8 Å². The van der Waals surface area contributed by atoms with E-state index < -0.39 is 27.0 Å². The number of amides is 1. The van der Waals surface area contributed by atoms with E-state index in [1.807, 2.05) is 25.1 Å². The quantitative estimate of drug-likeness (QED) is 0.423. The number of aromatic nitrogens is 1. The Bertz CT molecular complexity index is 1590. The molecule has 9 heteroatoms. The molecule has 0 aliphatic heterocycles. The number of aryl methyl sites for hydroxylation is 2. The maximum Gasteiger partial charge on any atom is 0.366 e. The van der Waals surface area contributed by atoms with E-state index in [9.17, 15) is 23.1 Å². The third-order valence-corrected chi connectivity index (χ3v) is 6.96.